The van der Waals surface area contributed by atoms with Gasteiger partial charge >= 0.3 is 0 Å². The molecule has 0 aromatic heterocycles. The molecule has 3 aliphatic rings. The number of benzene rings is 3. The maximum atomic E-state index is 6.24. The highest BCUT2D eigenvalue weighted by molar-refractivity contribution is 7.16. The van der Waals surface area contributed by atoms with Gasteiger partial charge in [0, 0.05) is 12.5 Å². The quantitative estimate of drug-likeness (QED) is 0.329. The van der Waals surface area contributed by atoms with E-state index in [1.807, 2.05) is 0 Å². The van der Waals surface area contributed by atoms with Crippen molar-refractivity contribution in [1.82, 2.24) is 0 Å². The Hall–Kier alpha value is -2.21. The summed E-state index contributed by atoms with van der Waals surface area (Å²) in [5.74, 6) is 0.389. The van der Waals surface area contributed by atoms with Crippen LogP contribution < -0.4 is 10.4 Å². The molecule has 32 heavy (non-hydrogen) atoms. The Morgan fingerprint density at radius 1 is 0.938 bits per heavy atom. The fourth-order valence-electron chi connectivity index (χ4n) is 6.03. The molecule has 0 spiro atoms. The van der Waals surface area contributed by atoms with Crippen LogP contribution in [0.1, 0.15) is 40.2 Å². The van der Waals surface area contributed by atoms with Gasteiger partial charge in [-0.3, -0.25) is 0 Å². The highest BCUT2D eigenvalue weighted by atomic mass is 28.4. The summed E-state index contributed by atoms with van der Waals surface area (Å²) in [6, 6.07) is 20.7. The lowest BCUT2D eigenvalue weighted by Crippen LogP contribution is -2.25. The molecule has 162 valence electrons. The molecule has 0 amide bonds. The number of allylic oxidation sites excluding steroid dienone is 1. The molecule has 1 nitrogen and oxygen atoms in total. The maximum Gasteiger partial charge on any atom is 0.183 e. The zero-order valence-electron chi connectivity index (χ0n) is 19.9. The van der Waals surface area contributed by atoms with Crippen molar-refractivity contribution in [1.29, 1.82) is 0 Å². The van der Waals surface area contributed by atoms with Gasteiger partial charge < -0.3 is 4.43 Å². The Labute approximate surface area is 194 Å². The number of hydrogen-bond acceptors (Lipinski definition) is 1. The number of rotatable bonds is 5. The van der Waals surface area contributed by atoms with Gasteiger partial charge in [0.15, 0.2) is 8.32 Å². The first-order valence-corrected chi connectivity index (χ1v) is 18.4. The maximum absolute atomic E-state index is 6.24. The molecular weight excluding hydrogens is 420 g/mol. The summed E-state index contributed by atoms with van der Waals surface area (Å²) in [5.41, 5.74) is 12.1. The van der Waals surface area contributed by atoms with E-state index in [0.29, 0.717) is 5.92 Å². The van der Waals surface area contributed by atoms with Gasteiger partial charge in [0.1, 0.15) is 8.07 Å². The van der Waals surface area contributed by atoms with Crippen LogP contribution in [-0.2, 0) is 10.8 Å². The lowest BCUT2D eigenvalue weighted by Gasteiger charge is -2.17. The third-order valence-electron chi connectivity index (χ3n) is 7.62. The van der Waals surface area contributed by atoms with E-state index < -0.39 is 16.4 Å². The van der Waals surface area contributed by atoms with Gasteiger partial charge in [0.05, 0.1) is 0 Å². The summed E-state index contributed by atoms with van der Waals surface area (Å²) < 4.78 is 6.24. The molecule has 0 bridgehead atoms. The molecule has 0 radical (unpaired) electrons. The lowest BCUT2D eigenvalue weighted by atomic mass is 9.88. The summed E-state index contributed by atoms with van der Waals surface area (Å²) in [7, 11) is -2.91. The zero-order valence-corrected chi connectivity index (χ0v) is 21.9. The highest BCUT2D eigenvalue weighted by Crippen LogP contribution is 2.48. The Kier molecular flexibility index (Phi) is 4.40. The molecule has 0 fully saturated rings. The molecule has 1 unspecified atom stereocenters. The van der Waals surface area contributed by atoms with E-state index in [-0.39, 0.29) is 0 Å². The molecule has 0 N–H and O–H groups in total. The molecule has 3 aromatic rings. The number of fused-ring (bicyclic) bond motifs is 5. The second kappa shape index (κ2) is 6.90. The second-order valence-corrected chi connectivity index (χ2v) is 20.0. The van der Waals surface area contributed by atoms with E-state index in [0.717, 1.165) is 19.4 Å². The van der Waals surface area contributed by atoms with Crippen LogP contribution in [0.15, 0.2) is 60.7 Å². The molecule has 1 heterocycles. The summed E-state index contributed by atoms with van der Waals surface area (Å²) in [5, 5.41) is 3.42. The van der Waals surface area contributed by atoms with Gasteiger partial charge in [0.25, 0.3) is 0 Å². The second-order valence-electron chi connectivity index (χ2n) is 11.2. The van der Waals surface area contributed by atoms with Crippen molar-refractivity contribution in [3.8, 4) is 11.1 Å². The molecule has 2 aliphatic carbocycles. The van der Waals surface area contributed by atoms with Crippen LogP contribution in [0.3, 0.4) is 0 Å². The lowest BCUT2D eigenvalue weighted by molar-refractivity contribution is 0.321. The van der Waals surface area contributed by atoms with Crippen molar-refractivity contribution in [2.45, 2.75) is 51.5 Å². The van der Waals surface area contributed by atoms with E-state index >= 15 is 0 Å². The first kappa shape index (κ1) is 20.4. The summed E-state index contributed by atoms with van der Waals surface area (Å²) in [4.78, 5) is 0. The van der Waals surface area contributed by atoms with E-state index in [9.17, 15) is 0 Å². The monoisotopic (exact) mass is 452 g/mol. The van der Waals surface area contributed by atoms with Crippen molar-refractivity contribution in [2.75, 3.05) is 6.61 Å². The van der Waals surface area contributed by atoms with Gasteiger partial charge in [-0.15, -0.1) is 0 Å². The van der Waals surface area contributed by atoms with Crippen LogP contribution in [0.5, 0.6) is 0 Å². The van der Waals surface area contributed by atoms with Gasteiger partial charge in [-0.1, -0.05) is 84.1 Å². The topological polar surface area (TPSA) is 9.23 Å². The average Bonchev–Trinajstić information content (AvgIpc) is 3.06. The normalized spacial score (nSPS) is 19.2. The smallest absolute Gasteiger partial charge is 0.183 e. The fraction of sp³-hybridized carbons (Fsp3) is 0.310. The summed E-state index contributed by atoms with van der Waals surface area (Å²) in [6.07, 6.45) is 4.68. The Morgan fingerprint density at radius 2 is 1.66 bits per heavy atom. The molecule has 3 heteroatoms. The molecule has 6 rings (SSSR count). The van der Waals surface area contributed by atoms with Crippen molar-refractivity contribution < 1.29 is 4.43 Å². The van der Waals surface area contributed by atoms with Crippen LogP contribution in [0.25, 0.3) is 16.7 Å². The van der Waals surface area contributed by atoms with Gasteiger partial charge in [-0.25, -0.2) is 0 Å². The Bertz CT molecular complexity index is 1290. The summed E-state index contributed by atoms with van der Waals surface area (Å²) in [6.45, 7) is 12.7. The molecule has 1 atom stereocenters. The van der Waals surface area contributed by atoms with Gasteiger partial charge in [-0.05, 0) is 77.0 Å². The highest BCUT2D eigenvalue weighted by Gasteiger charge is 2.50. The van der Waals surface area contributed by atoms with Crippen molar-refractivity contribution in [3.63, 3.8) is 0 Å². The fourth-order valence-corrected chi connectivity index (χ4v) is 10.2. The van der Waals surface area contributed by atoms with Crippen LogP contribution >= 0.6 is 0 Å². The van der Waals surface area contributed by atoms with E-state index in [1.165, 1.54) is 33.4 Å². The van der Waals surface area contributed by atoms with Gasteiger partial charge in [0.2, 0.25) is 0 Å². The Morgan fingerprint density at radius 3 is 2.44 bits per heavy atom. The molecule has 0 saturated heterocycles. The van der Waals surface area contributed by atoms with Crippen LogP contribution in [-0.4, -0.2) is 23.0 Å². The first-order valence-electron chi connectivity index (χ1n) is 12.0. The van der Waals surface area contributed by atoms with Crippen LogP contribution in [0, 0.1) is 0 Å². The van der Waals surface area contributed by atoms with E-state index in [2.05, 4.69) is 93.4 Å². The predicted octanol–water partition coefficient (Wildman–Crippen LogP) is 6.16. The van der Waals surface area contributed by atoms with Crippen LogP contribution in [0.2, 0.25) is 32.7 Å². The van der Waals surface area contributed by atoms with E-state index in [1.54, 1.807) is 21.5 Å². The van der Waals surface area contributed by atoms with Crippen molar-refractivity contribution in [2.24, 2.45) is 0 Å². The SMILES string of the molecule is C[Si](C)(C)OCCC1=CC(c2c3c(cc4c2[Si]4(C)C)-c2ccccc2C3)c2ccccc21. The molecule has 0 saturated carbocycles. The third-order valence-corrected chi connectivity index (χ3v) is 12.0. The van der Waals surface area contributed by atoms with Crippen LogP contribution in [0.4, 0.5) is 0 Å². The minimum atomic E-state index is -1.49. The minimum Gasteiger partial charge on any atom is -0.417 e. The Balaban J connectivity index is 1.47. The van der Waals surface area contributed by atoms with E-state index in [4.69, 9.17) is 4.43 Å². The standard InChI is InChI=1S/C29H32OSi2/c1-31(2,3)30-15-14-20-17-25(23-13-9-8-11-21(20)23)28-26-16-19-10-6-7-12-22(19)24(26)18-27-29(28)32(27,4)5/h6-13,17-18,25H,14-16H2,1-5H3. The zero-order chi connectivity index (χ0) is 22.3. The molecular formula is C29H32OSi2. The number of hydrogen-bond donors (Lipinski definition) is 0. The minimum absolute atomic E-state index is 0.389. The van der Waals surface area contributed by atoms with Gasteiger partial charge in [-0.2, -0.15) is 0 Å². The van der Waals surface area contributed by atoms with Crippen molar-refractivity contribution in [3.05, 3.63) is 88.5 Å². The summed E-state index contributed by atoms with van der Waals surface area (Å²) >= 11 is 0. The molecule has 3 aromatic carbocycles. The van der Waals surface area contributed by atoms with Crippen molar-refractivity contribution >= 4 is 32.3 Å². The molecule has 1 aliphatic heterocycles. The third kappa shape index (κ3) is 3.06. The average molecular weight is 453 g/mol. The predicted molar refractivity (Wildman–Crippen MR) is 142 cm³/mol. The largest absolute Gasteiger partial charge is 0.417 e. The first-order chi connectivity index (χ1) is 15.3.